The molecule has 2 aromatic rings. The molecule has 4 heteroatoms. The fourth-order valence-electron chi connectivity index (χ4n) is 2.19. The highest BCUT2D eigenvalue weighted by Crippen LogP contribution is 2.24. The molecule has 106 valence electrons. The lowest BCUT2D eigenvalue weighted by molar-refractivity contribution is 0.763. The van der Waals surface area contributed by atoms with Crippen LogP contribution in [0, 0.1) is 6.92 Å². The van der Waals surface area contributed by atoms with E-state index in [1.54, 1.807) is 12.4 Å². The molecule has 0 aromatic carbocycles. The predicted molar refractivity (Wildman–Crippen MR) is 85.4 cm³/mol. The molecular formula is C16H20ClN3. The number of anilines is 1. The maximum atomic E-state index is 5.97. The molecule has 0 saturated heterocycles. The lowest BCUT2D eigenvalue weighted by Crippen LogP contribution is -2.19. The number of rotatable bonds is 5. The Morgan fingerprint density at radius 1 is 1.25 bits per heavy atom. The van der Waals surface area contributed by atoms with Crippen molar-refractivity contribution in [2.45, 2.75) is 26.7 Å². The third-order valence-corrected chi connectivity index (χ3v) is 3.52. The van der Waals surface area contributed by atoms with Gasteiger partial charge < -0.3 is 4.90 Å². The van der Waals surface area contributed by atoms with Crippen molar-refractivity contribution in [2.75, 3.05) is 18.5 Å². The van der Waals surface area contributed by atoms with E-state index in [-0.39, 0.29) is 0 Å². The van der Waals surface area contributed by atoms with E-state index in [0.717, 1.165) is 23.5 Å². The summed E-state index contributed by atoms with van der Waals surface area (Å²) in [6.45, 7) is 5.30. The first-order valence-corrected chi connectivity index (χ1v) is 7.29. The molecule has 0 aliphatic heterocycles. The Morgan fingerprint density at radius 2 is 2.05 bits per heavy atom. The first kappa shape index (κ1) is 14.8. The standard InChI is InChI=1S/C16H20ClN3/c1-4-5-8-20(3)16-7-6-15(19-12(16)2)13-9-14(17)11-18-10-13/h6-7,9-11H,4-5,8H2,1-3H3. The lowest BCUT2D eigenvalue weighted by Gasteiger charge is -2.21. The molecule has 2 rings (SSSR count). The second-order valence-corrected chi connectivity index (χ2v) is 5.40. The van der Waals surface area contributed by atoms with Crippen molar-refractivity contribution in [1.82, 2.24) is 9.97 Å². The van der Waals surface area contributed by atoms with Gasteiger partial charge in [0.2, 0.25) is 0 Å². The van der Waals surface area contributed by atoms with Gasteiger partial charge in [0.15, 0.2) is 0 Å². The van der Waals surface area contributed by atoms with E-state index in [2.05, 4.69) is 34.9 Å². The molecule has 20 heavy (non-hydrogen) atoms. The van der Waals surface area contributed by atoms with Crippen LogP contribution in [0.25, 0.3) is 11.3 Å². The molecule has 0 atom stereocenters. The van der Waals surface area contributed by atoms with Gasteiger partial charge in [-0.3, -0.25) is 9.97 Å². The molecule has 2 aromatic heterocycles. The maximum absolute atomic E-state index is 5.97. The minimum absolute atomic E-state index is 0.631. The maximum Gasteiger partial charge on any atom is 0.0722 e. The second kappa shape index (κ2) is 6.71. The number of pyridine rings is 2. The van der Waals surface area contributed by atoms with E-state index in [4.69, 9.17) is 11.6 Å². The summed E-state index contributed by atoms with van der Waals surface area (Å²) in [5.41, 5.74) is 4.06. The summed E-state index contributed by atoms with van der Waals surface area (Å²) in [4.78, 5) is 11.0. The van der Waals surface area contributed by atoms with Gasteiger partial charge in [0.1, 0.15) is 0 Å². The van der Waals surface area contributed by atoms with Crippen molar-refractivity contribution in [1.29, 1.82) is 0 Å². The smallest absolute Gasteiger partial charge is 0.0722 e. The van der Waals surface area contributed by atoms with Crippen LogP contribution in [-0.2, 0) is 0 Å². The minimum atomic E-state index is 0.631. The molecule has 0 fully saturated rings. The Labute approximate surface area is 125 Å². The number of unbranched alkanes of at least 4 members (excludes halogenated alkanes) is 1. The van der Waals surface area contributed by atoms with Crippen LogP contribution in [0.5, 0.6) is 0 Å². The Balaban J connectivity index is 2.25. The van der Waals surface area contributed by atoms with Gasteiger partial charge in [-0.25, -0.2) is 0 Å². The minimum Gasteiger partial charge on any atom is -0.373 e. The molecule has 0 amide bonds. The van der Waals surface area contributed by atoms with Gasteiger partial charge in [0, 0.05) is 31.5 Å². The summed E-state index contributed by atoms with van der Waals surface area (Å²) in [7, 11) is 2.11. The van der Waals surface area contributed by atoms with Crippen LogP contribution in [0.1, 0.15) is 25.5 Å². The summed E-state index contributed by atoms with van der Waals surface area (Å²) < 4.78 is 0. The monoisotopic (exact) mass is 289 g/mol. The highest BCUT2D eigenvalue weighted by molar-refractivity contribution is 6.30. The van der Waals surface area contributed by atoms with E-state index in [1.165, 1.54) is 18.5 Å². The molecule has 0 bridgehead atoms. The third kappa shape index (κ3) is 3.48. The fourth-order valence-corrected chi connectivity index (χ4v) is 2.36. The van der Waals surface area contributed by atoms with Gasteiger partial charge >= 0.3 is 0 Å². The van der Waals surface area contributed by atoms with Gasteiger partial charge in [-0.15, -0.1) is 0 Å². The van der Waals surface area contributed by atoms with E-state index in [9.17, 15) is 0 Å². The molecule has 0 spiro atoms. The Bertz CT molecular complexity index is 584. The Morgan fingerprint density at radius 3 is 2.70 bits per heavy atom. The summed E-state index contributed by atoms with van der Waals surface area (Å²) in [5.74, 6) is 0. The number of nitrogens with zero attached hydrogens (tertiary/aromatic N) is 3. The largest absolute Gasteiger partial charge is 0.373 e. The third-order valence-electron chi connectivity index (χ3n) is 3.32. The summed E-state index contributed by atoms with van der Waals surface area (Å²) in [5, 5.41) is 0.631. The van der Waals surface area contributed by atoms with Gasteiger partial charge in [-0.2, -0.15) is 0 Å². The zero-order valence-electron chi connectivity index (χ0n) is 12.2. The summed E-state index contributed by atoms with van der Waals surface area (Å²) in [6.07, 6.45) is 5.80. The molecule has 0 N–H and O–H groups in total. The van der Waals surface area contributed by atoms with Gasteiger partial charge in [-0.1, -0.05) is 24.9 Å². The van der Waals surface area contributed by atoms with Crippen LogP contribution in [0.4, 0.5) is 5.69 Å². The van der Waals surface area contributed by atoms with E-state index in [0.29, 0.717) is 5.02 Å². The van der Waals surface area contributed by atoms with Crippen LogP contribution in [0.3, 0.4) is 0 Å². The summed E-state index contributed by atoms with van der Waals surface area (Å²) >= 11 is 5.97. The molecule has 0 aliphatic rings. The molecule has 0 unspecified atom stereocenters. The molecule has 0 radical (unpaired) electrons. The van der Waals surface area contributed by atoms with Crippen molar-refractivity contribution in [3.8, 4) is 11.3 Å². The topological polar surface area (TPSA) is 29.0 Å². The first-order chi connectivity index (χ1) is 9.61. The molecule has 3 nitrogen and oxygen atoms in total. The molecule has 0 aliphatic carbocycles. The Kier molecular flexibility index (Phi) is 4.96. The molecular weight excluding hydrogens is 270 g/mol. The van der Waals surface area contributed by atoms with Crippen molar-refractivity contribution in [3.63, 3.8) is 0 Å². The number of hydrogen-bond donors (Lipinski definition) is 0. The van der Waals surface area contributed by atoms with E-state index >= 15 is 0 Å². The van der Waals surface area contributed by atoms with Crippen molar-refractivity contribution >= 4 is 17.3 Å². The van der Waals surface area contributed by atoms with Crippen molar-refractivity contribution in [2.24, 2.45) is 0 Å². The second-order valence-electron chi connectivity index (χ2n) is 4.97. The quantitative estimate of drug-likeness (QED) is 0.820. The van der Waals surface area contributed by atoms with Crippen LogP contribution < -0.4 is 4.90 Å². The SMILES string of the molecule is CCCCN(C)c1ccc(-c2cncc(Cl)c2)nc1C. The van der Waals surface area contributed by atoms with Crippen LogP contribution in [0.2, 0.25) is 5.02 Å². The van der Waals surface area contributed by atoms with Crippen LogP contribution in [-0.4, -0.2) is 23.6 Å². The highest BCUT2D eigenvalue weighted by Gasteiger charge is 2.08. The molecule has 2 heterocycles. The fraction of sp³-hybridized carbons (Fsp3) is 0.375. The van der Waals surface area contributed by atoms with Crippen molar-refractivity contribution in [3.05, 3.63) is 41.3 Å². The van der Waals surface area contributed by atoms with Gasteiger partial charge in [-0.05, 0) is 31.5 Å². The number of hydrogen-bond acceptors (Lipinski definition) is 3. The van der Waals surface area contributed by atoms with Gasteiger partial charge in [0.05, 0.1) is 22.1 Å². The van der Waals surface area contributed by atoms with Gasteiger partial charge in [0.25, 0.3) is 0 Å². The van der Waals surface area contributed by atoms with E-state index in [1.807, 2.05) is 19.1 Å². The zero-order valence-corrected chi connectivity index (χ0v) is 13.0. The predicted octanol–water partition coefficient (Wildman–Crippen LogP) is 4.34. The number of aromatic nitrogens is 2. The first-order valence-electron chi connectivity index (χ1n) is 6.91. The Hall–Kier alpha value is -1.61. The average Bonchev–Trinajstić information content (AvgIpc) is 2.44. The zero-order chi connectivity index (χ0) is 14.5. The summed E-state index contributed by atoms with van der Waals surface area (Å²) in [6, 6.07) is 6.03. The average molecular weight is 290 g/mol. The number of aryl methyl sites for hydroxylation is 1. The number of halogens is 1. The van der Waals surface area contributed by atoms with Crippen LogP contribution in [0.15, 0.2) is 30.6 Å². The van der Waals surface area contributed by atoms with E-state index < -0.39 is 0 Å². The highest BCUT2D eigenvalue weighted by atomic mass is 35.5. The normalized spacial score (nSPS) is 10.6. The molecule has 0 saturated carbocycles. The lowest BCUT2D eigenvalue weighted by atomic mass is 10.1. The van der Waals surface area contributed by atoms with Crippen LogP contribution >= 0.6 is 11.6 Å². The van der Waals surface area contributed by atoms with Crippen molar-refractivity contribution < 1.29 is 0 Å².